The van der Waals surface area contributed by atoms with Crippen molar-refractivity contribution in [2.75, 3.05) is 19.7 Å². The third-order valence-corrected chi connectivity index (χ3v) is 4.78. The number of aromatic nitrogens is 3. The van der Waals surface area contributed by atoms with Crippen LogP contribution in [0.25, 0.3) is 0 Å². The molecule has 120 valence electrons. The number of para-hydroxylation sites is 1. The Morgan fingerprint density at radius 3 is 3.04 bits per heavy atom. The summed E-state index contributed by atoms with van der Waals surface area (Å²) in [5.41, 5.74) is 1.02. The summed E-state index contributed by atoms with van der Waals surface area (Å²) in [5.74, 6) is 0.974. The number of hydrogen-bond donors (Lipinski definition) is 0. The van der Waals surface area contributed by atoms with E-state index in [0.717, 1.165) is 37.1 Å². The van der Waals surface area contributed by atoms with Crippen LogP contribution in [0.5, 0.6) is 5.75 Å². The minimum atomic E-state index is -0.0885. The fraction of sp³-hybridized carbons (Fsp3) is 0.471. The predicted molar refractivity (Wildman–Crippen MR) is 84.2 cm³/mol. The van der Waals surface area contributed by atoms with Crippen molar-refractivity contribution in [2.45, 2.75) is 31.2 Å². The van der Waals surface area contributed by atoms with E-state index in [1.807, 2.05) is 33.8 Å². The van der Waals surface area contributed by atoms with Gasteiger partial charge in [0.15, 0.2) is 0 Å². The van der Waals surface area contributed by atoms with Crippen molar-refractivity contribution in [3.05, 3.63) is 42.5 Å². The van der Waals surface area contributed by atoms with Crippen LogP contribution in [0.3, 0.4) is 0 Å². The molecule has 0 aliphatic carbocycles. The van der Waals surface area contributed by atoms with Crippen LogP contribution in [0.1, 0.15) is 36.8 Å². The highest BCUT2D eigenvalue weighted by molar-refractivity contribution is 5.85. The van der Waals surface area contributed by atoms with Crippen molar-refractivity contribution in [3.63, 3.8) is 0 Å². The maximum Gasteiger partial charge on any atom is 0.230 e. The molecule has 1 aromatic heterocycles. The van der Waals surface area contributed by atoms with Crippen LogP contribution in [0.2, 0.25) is 0 Å². The lowest BCUT2D eigenvalue weighted by Gasteiger charge is -2.36. The molecule has 6 heteroatoms. The molecule has 1 saturated heterocycles. The van der Waals surface area contributed by atoms with Crippen molar-refractivity contribution in [1.82, 2.24) is 19.7 Å². The minimum absolute atomic E-state index is 0.0885. The third-order valence-electron chi connectivity index (χ3n) is 4.78. The first-order valence-electron chi connectivity index (χ1n) is 8.17. The zero-order chi connectivity index (χ0) is 15.6. The highest BCUT2D eigenvalue weighted by Crippen LogP contribution is 2.35. The molecule has 2 aromatic rings. The molecule has 0 radical (unpaired) electrons. The second-order valence-corrected chi connectivity index (χ2v) is 6.18. The Kier molecular flexibility index (Phi) is 3.73. The van der Waals surface area contributed by atoms with E-state index in [9.17, 15) is 4.79 Å². The molecule has 4 rings (SSSR count). The molecule has 0 saturated carbocycles. The molecule has 2 aliphatic heterocycles. The number of benzene rings is 1. The summed E-state index contributed by atoms with van der Waals surface area (Å²) >= 11 is 0. The zero-order valence-corrected chi connectivity index (χ0v) is 13.0. The Morgan fingerprint density at radius 1 is 1.26 bits per heavy atom. The minimum Gasteiger partial charge on any atom is -0.493 e. The number of amides is 1. The van der Waals surface area contributed by atoms with E-state index in [-0.39, 0.29) is 17.9 Å². The molecular weight excluding hydrogens is 292 g/mol. The van der Waals surface area contributed by atoms with Gasteiger partial charge in [0.1, 0.15) is 18.4 Å². The Morgan fingerprint density at radius 2 is 2.17 bits per heavy atom. The van der Waals surface area contributed by atoms with E-state index >= 15 is 0 Å². The van der Waals surface area contributed by atoms with Crippen molar-refractivity contribution in [3.8, 4) is 5.75 Å². The van der Waals surface area contributed by atoms with Gasteiger partial charge in [-0.3, -0.25) is 4.79 Å². The molecule has 2 aliphatic rings. The van der Waals surface area contributed by atoms with Crippen molar-refractivity contribution >= 4 is 5.91 Å². The third kappa shape index (κ3) is 2.69. The van der Waals surface area contributed by atoms with E-state index in [4.69, 9.17) is 4.74 Å². The second kappa shape index (κ2) is 6.02. The fourth-order valence-corrected chi connectivity index (χ4v) is 3.60. The second-order valence-electron chi connectivity index (χ2n) is 6.18. The maximum absolute atomic E-state index is 13.1. The number of ether oxygens (including phenoxy) is 1. The molecular formula is C17H20N4O2. The summed E-state index contributed by atoms with van der Waals surface area (Å²) in [6.45, 7) is 2.14. The highest BCUT2D eigenvalue weighted by Gasteiger charge is 2.33. The van der Waals surface area contributed by atoms with Gasteiger partial charge in [-0.05, 0) is 25.3 Å². The molecule has 0 N–H and O–H groups in total. The average molecular weight is 312 g/mol. The highest BCUT2D eigenvalue weighted by atomic mass is 16.5. The SMILES string of the molecule is O=C([C@@H]1CCOc2ccccc21)N1CCC[C@H](n2cncn2)C1. The molecule has 0 unspecified atom stereocenters. The number of fused-ring (bicyclic) bond motifs is 1. The fourth-order valence-electron chi connectivity index (χ4n) is 3.60. The molecule has 0 bridgehead atoms. The molecule has 0 spiro atoms. The molecule has 3 heterocycles. The summed E-state index contributed by atoms with van der Waals surface area (Å²) < 4.78 is 7.55. The van der Waals surface area contributed by atoms with E-state index in [2.05, 4.69) is 10.1 Å². The lowest BCUT2D eigenvalue weighted by atomic mass is 9.91. The van der Waals surface area contributed by atoms with Crippen molar-refractivity contribution in [2.24, 2.45) is 0 Å². The van der Waals surface area contributed by atoms with E-state index in [1.165, 1.54) is 0 Å². The number of carbonyl (C=O) groups excluding carboxylic acids is 1. The van der Waals surface area contributed by atoms with Crippen LogP contribution in [-0.2, 0) is 4.79 Å². The van der Waals surface area contributed by atoms with Crippen LogP contribution >= 0.6 is 0 Å². The Bertz CT molecular complexity index is 686. The number of likely N-dealkylation sites (tertiary alicyclic amines) is 1. The first-order valence-corrected chi connectivity index (χ1v) is 8.17. The Labute approximate surface area is 135 Å². The van der Waals surface area contributed by atoms with Gasteiger partial charge in [0, 0.05) is 18.7 Å². The van der Waals surface area contributed by atoms with Gasteiger partial charge in [0.2, 0.25) is 5.91 Å². The molecule has 6 nitrogen and oxygen atoms in total. The number of carbonyl (C=O) groups is 1. The quantitative estimate of drug-likeness (QED) is 0.851. The van der Waals surface area contributed by atoms with Gasteiger partial charge in [-0.25, -0.2) is 9.67 Å². The van der Waals surface area contributed by atoms with Crippen LogP contribution in [-0.4, -0.2) is 45.3 Å². The van der Waals surface area contributed by atoms with E-state index in [1.54, 1.807) is 12.7 Å². The topological polar surface area (TPSA) is 60.2 Å². The summed E-state index contributed by atoms with van der Waals surface area (Å²) in [6, 6.07) is 8.11. The van der Waals surface area contributed by atoms with Gasteiger partial charge in [0.25, 0.3) is 0 Å². The normalized spacial score (nSPS) is 23.9. The standard InChI is InChI=1S/C17H20N4O2/c22-17(15-7-9-23-16-6-2-1-5-14(15)16)20-8-3-4-13(10-20)21-12-18-11-19-21/h1-2,5-6,11-13,15H,3-4,7-10H2/t13-,15+/m0/s1. The zero-order valence-electron chi connectivity index (χ0n) is 13.0. The van der Waals surface area contributed by atoms with E-state index in [0.29, 0.717) is 13.2 Å². The monoisotopic (exact) mass is 312 g/mol. The van der Waals surface area contributed by atoms with Crippen molar-refractivity contribution < 1.29 is 9.53 Å². The average Bonchev–Trinajstić information content (AvgIpc) is 3.15. The Balaban J connectivity index is 1.53. The van der Waals surface area contributed by atoms with Gasteiger partial charge in [0.05, 0.1) is 18.6 Å². The van der Waals surface area contributed by atoms with E-state index < -0.39 is 0 Å². The smallest absolute Gasteiger partial charge is 0.230 e. The van der Waals surface area contributed by atoms with Gasteiger partial charge < -0.3 is 9.64 Å². The Hall–Kier alpha value is -2.37. The first kappa shape index (κ1) is 14.2. The van der Waals surface area contributed by atoms with Gasteiger partial charge in [-0.15, -0.1) is 0 Å². The first-order chi connectivity index (χ1) is 11.3. The number of rotatable bonds is 2. The maximum atomic E-state index is 13.1. The number of hydrogen-bond acceptors (Lipinski definition) is 4. The van der Waals surface area contributed by atoms with Gasteiger partial charge in [-0.1, -0.05) is 18.2 Å². The molecule has 1 fully saturated rings. The van der Waals surface area contributed by atoms with Gasteiger partial charge >= 0.3 is 0 Å². The molecule has 23 heavy (non-hydrogen) atoms. The lowest BCUT2D eigenvalue weighted by Crippen LogP contribution is -2.43. The van der Waals surface area contributed by atoms with Crippen LogP contribution in [0.4, 0.5) is 0 Å². The molecule has 1 amide bonds. The molecule has 2 atom stereocenters. The molecule has 1 aromatic carbocycles. The van der Waals surface area contributed by atoms with Gasteiger partial charge in [-0.2, -0.15) is 5.10 Å². The number of nitrogens with zero attached hydrogens (tertiary/aromatic N) is 4. The predicted octanol–water partition coefficient (Wildman–Crippen LogP) is 2.01. The largest absolute Gasteiger partial charge is 0.493 e. The van der Waals surface area contributed by atoms with Crippen LogP contribution in [0, 0.1) is 0 Å². The summed E-state index contributed by atoms with van der Waals surface area (Å²) in [7, 11) is 0. The summed E-state index contributed by atoms with van der Waals surface area (Å²) in [5, 5.41) is 4.23. The number of piperidine rings is 1. The van der Waals surface area contributed by atoms with Crippen molar-refractivity contribution in [1.29, 1.82) is 0 Å². The van der Waals surface area contributed by atoms with Crippen LogP contribution < -0.4 is 4.74 Å². The van der Waals surface area contributed by atoms with Crippen LogP contribution in [0.15, 0.2) is 36.9 Å². The summed E-state index contributed by atoms with van der Waals surface area (Å²) in [4.78, 5) is 19.1. The summed E-state index contributed by atoms with van der Waals surface area (Å²) in [6.07, 6.45) is 6.08. The lowest BCUT2D eigenvalue weighted by molar-refractivity contribution is -0.135.